The smallest absolute Gasteiger partial charge is 0.330 e. The van der Waals surface area contributed by atoms with Crippen LogP contribution in [-0.2, 0) is 11.3 Å². The van der Waals surface area contributed by atoms with Crippen molar-refractivity contribution in [2.24, 2.45) is 0 Å². The lowest BCUT2D eigenvalue weighted by molar-refractivity contribution is -0.139. The van der Waals surface area contributed by atoms with Crippen molar-refractivity contribution in [2.45, 2.75) is 19.5 Å². The lowest BCUT2D eigenvalue weighted by atomic mass is 10.1. The molecule has 0 bridgehead atoms. The lowest BCUT2D eigenvalue weighted by Gasteiger charge is -2.14. The highest BCUT2D eigenvalue weighted by Gasteiger charge is 2.21. The molecule has 0 aliphatic heterocycles. The van der Waals surface area contributed by atoms with E-state index in [9.17, 15) is 14.7 Å². The highest BCUT2D eigenvalue weighted by atomic mass is 16.4. The van der Waals surface area contributed by atoms with Gasteiger partial charge in [0, 0.05) is 12.7 Å². The van der Waals surface area contributed by atoms with Crippen LogP contribution in [0.1, 0.15) is 18.5 Å². The van der Waals surface area contributed by atoms with Gasteiger partial charge in [-0.15, -0.1) is 0 Å². The van der Waals surface area contributed by atoms with Crippen molar-refractivity contribution < 1.29 is 14.7 Å². The Balaban J connectivity index is 2.03. The molecule has 110 valence electrons. The number of carbonyl (C=O) groups excluding carboxylic acids is 1. The van der Waals surface area contributed by atoms with Crippen molar-refractivity contribution in [2.75, 3.05) is 5.32 Å². The van der Waals surface area contributed by atoms with E-state index in [1.165, 1.54) is 6.20 Å². The summed E-state index contributed by atoms with van der Waals surface area (Å²) in [5.41, 5.74) is 1.01. The number of hydrogen-bond donors (Lipinski definition) is 3. The molecule has 0 aliphatic carbocycles. The summed E-state index contributed by atoms with van der Waals surface area (Å²) in [7, 11) is 0. The minimum Gasteiger partial charge on any atom is -0.479 e. The molecule has 0 saturated carbocycles. The van der Waals surface area contributed by atoms with Crippen LogP contribution in [0.4, 0.5) is 10.5 Å². The second-order valence-corrected chi connectivity index (χ2v) is 4.37. The van der Waals surface area contributed by atoms with Gasteiger partial charge >= 0.3 is 12.0 Å². The van der Waals surface area contributed by atoms with E-state index in [0.717, 1.165) is 0 Å². The van der Waals surface area contributed by atoms with Crippen molar-refractivity contribution >= 4 is 17.7 Å². The minimum atomic E-state index is -1.12. The van der Waals surface area contributed by atoms with E-state index < -0.39 is 18.0 Å². The number of benzene rings is 1. The van der Waals surface area contributed by atoms with Gasteiger partial charge in [-0.05, 0) is 12.5 Å². The summed E-state index contributed by atoms with van der Waals surface area (Å²) in [4.78, 5) is 23.2. The van der Waals surface area contributed by atoms with Crippen molar-refractivity contribution in [3.63, 3.8) is 0 Å². The first kappa shape index (κ1) is 14.6. The van der Waals surface area contributed by atoms with Gasteiger partial charge in [-0.1, -0.05) is 30.3 Å². The molecule has 2 aromatic rings. The molecule has 1 aromatic heterocycles. The molecule has 0 unspecified atom stereocenters. The van der Waals surface area contributed by atoms with E-state index in [0.29, 0.717) is 17.8 Å². The van der Waals surface area contributed by atoms with Gasteiger partial charge in [-0.25, -0.2) is 9.59 Å². The Morgan fingerprint density at radius 1 is 1.33 bits per heavy atom. The Hall–Kier alpha value is -2.83. The number of nitrogens with one attached hydrogen (secondary N) is 2. The van der Waals surface area contributed by atoms with E-state index in [1.54, 1.807) is 41.2 Å². The standard InChI is InChI=1S/C14H16N4O3/c1-2-18-9-11(8-15-18)16-14(21)17-12(13(19)20)10-6-4-3-5-7-10/h3-9,12H,2H2,1H3,(H,19,20)(H2,16,17,21)/t12-/m0/s1. The highest BCUT2D eigenvalue weighted by Crippen LogP contribution is 2.13. The molecule has 3 N–H and O–H groups in total. The number of rotatable bonds is 5. The van der Waals surface area contributed by atoms with Crippen LogP contribution in [0.25, 0.3) is 0 Å². The average molecular weight is 288 g/mol. The third-order valence-electron chi connectivity index (χ3n) is 2.87. The molecule has 2 rings (SSSR count). The fraction of sp³-hybridized carbons (Fsp3) is 0.214. The van der Waals surface area contributed by atoms with Gasteiger partial charge in [-0.2, -0.15) is 5.10 Å². The average Bonchev–Trinajstić information content (AvgIpc) is 2.93. The fourth-order valence-corrected chi connectivity index (χ4v) is 1.83. The number of aromatic nitrogens is 2. The summed E-state index contributed by atoms with van der Waals surface area (Å²) < 4.78 is 1.65. The second kappa shape index (κ2) is 6.56. The van der Waals surface area contributed by atoms with Crippen LogP contribution in [0.5, 0.6) is 0 Å². The minimum absolute atomic E-state index is 0.504. The van der Waals surface area contributed by atoms with Gasteiger partial charge in [-0.3, -0.25) is 4.68 Å². The quantitative estimate of drug-likeness (QED) is 0.782. The first-order valence-electron chi connectivity index (χ1n) is 6.48. The molecule has 0 spiro atoms. The van der Waals surface area contributed by atoms with E-state index in [4.69, 9.17) is 0 Å². The van der Waals surface area contributed by atoms with Gasteiger partial charge in [0.15, 0.2) is 6.04 Å². The molecule has 7 nitrogen and oxygen atoms in total. The lowest BCUT2D eigenvalue weighted by Crippen LogP contribution is -2.36. The van der Waals surface area contributed by atoms with Crippen LogP contribution in [-0.4, -0.2) is 26.9 Å². The maximum absolute atomic E-state index is 11.9. The number of aryl methyl sites for hydroxylation is 1. The SMILES string of the molecule is CCn1cc(NC(=O)N[C@H](C(=O)O)c2ccccc2)cn1. The number of amides is 2. The molecule has 0 saturated heterocycles. The number of anilines is 1. The molecule has 0 aliphatic rings. The second-order valence-electron chi connectivity index (χ2n) is 4.37. The summed E-state index contributed by atoms with van der Waals surface area (Å²) in [6.07, 6.45) is 3.17. The first-order valence-corrected chi connectivity index (χ1v) is 6.48. The Bertz CT molecular complexity index is 624. The molecule has 1 atom stereocenters. The topological polar surface area (TPSA) is 96.2 Å². The summed E-state index contributed by atoms with van der Waals surface area (Å²) >= 11 is 0. The summed E-state index contributed by atoms with van der Waals surface area (Å²) in [5.74, 6) is -1.12. The van der Waals surface area contributed by atoms with Crippen LogP contribution in [0.2, 0.25) is 0 Å². The molecule has 21 heavy (non-hydrogen) atoms. The number of aliphatic carboxylic acids is 1. The Morgan fingerprint density at radius 2 is 2.05 bits per heavy atom. The molecule has 0 radical (unpaired) electrons. The van der Waals surface area contributed by atoms with Gasteiger partial charge in [0.25, 0.3) is 0 Å². The zero-order valence-electron chi connectivity index (χ0n) is 11.5. The van der Waals surface area contributed by atoms with Crippen LogP contribution < -0.4 is 10.6 Å². The summed E-state index contributed by atoms with van der Waals surface area (Å²) in [6, 6.07) is 6.81. The first-order chi connectivity index (χ1) is 10.1. The molecule has 7 heteroatoms. The maximum Gasteiger partial charge on any atom is 0.330 e. The maximum atomic E-state index is 11.9. The number of carboxylic acid groups (broad SMARTS) is 1. The van der Waals surface area contributed by atoms with E-state index in [1.807, 2.05) is 6.92 Å². The molecule has 1 heterocycles. The molecule has 2 amide bonds. The molecular formula is C14H16N4O3. The monoisotopic (exact) mass is 288 g/mol. The number of hydrogen-bond acceptors (Lipinski definition) is 3. The van der Waals surface area contributed by atoms with Crippen molar-refractivity contribution in [3.05, 3.63) is 48.3 Å². The summed E-state index contributed by atoms with van der Waals surface area (Å²) in [5, 5.41) is 18.2. The number of nitrogens with zero attached hydrogens (tertiary/aromatic N) is 2. The van der Waals surface area contributed by atoms with Gasteiger partial charge in [0.1, 0.15) is 0 Å². The Kier molecular flexibility index (Phi) is 4.55. The molecular weight excluding hydrogens is 272 g/mol. The Morgan fingerprint density at radius 3 is 2.62 bits per heavy atom. The number of carboxylic acids is 1. The van der Waals surface area contributed by atoms with Gasteiger partial charge in [0.2, 0.25) is 0 Å². The van der Waals surface area contributed by atoms with Crippen molar-refractivity contribution in [3.8, 4) is 0 Å². The predicted octanol–water partition coefficient (Wildman–Crippen LogP) is 1.85. The zero-order chi connectivity index (χ0) is 15.2. The fourth-order valence-electron chi connectivity index (χ4n) is 1.83. The third kappa shape index (κ3) is 3.82. The zero-order valence-corrected chi connectivity index (χ0v) is 11.5. The Labute approximate surface area is 121 Å². The van der Waals surface area contributed by atoms with Gasteiger partial charge < -0.3 is 15.7 Å². The largest absolute Gasteiger partial charge is 0.479 e. The van der Waals surface area contributed by atoms with E-state index >= 15 is 0 Å². The third-order valence-corrected chi connectivity index (χ3v) is 2.87. The summed E-state index contributed by atoms with van der Waals surface area (Å²) in [6.45, 7) is 2.61. The molecule has 0 fully saturated rings. The van der Waals surface area contributed by atoms with Gasteiger partial charge in [0.05, 0.1) is 11.9 Å². The van der Waals surface area contributed by atoms with E-state index in [2.05, 4.69) is 15.7 Å². The normalized spacial score (nSPS) is 11.7. The number of carbonyl (C=O) groups is 2. The van der Waals surface area contributed by atoms with Crippen molar-refractivity contribution in [1.82, 2.24) is 15.1 Å². The number of urea groups is 1. The highest BCUT2D eigenvalue weighted by molar-refractivity contribution is 5.92. The van der Waals surface area contributed by atoms with E-state index in [-0.39, 0.29) is 0 Å². The van der Waals surface area contributed by atoms with Crippen molar-refractivity contribution in [1.29, 1.82) is 0 Å². The molecule has 1 aromatic carbocycles. The van der Waals surface area contributed by atoms with Crippen LogP contribution in [0, 0.1) is 0 Å². The van der Waals surface area contributed by atoms with Crippen LogP contribution in [0.3, 0.4) is 0 Å². The predicted molar refractivity (Wildman–Crippen MR) is 76.9 cm³/mol. The van der Waals surface area contributed by atoms with Crippen LogP contribution in [0.15, 0.2) is 42.7 Å². The van der Waals surface area contributed by atoms with Crippen LogP contribution >= 0.6 is 0 Å².